The van der Waals surface area contributed by atoms with Crippen LogP contribution < -0.4 is 0 Å². The van der Waals surface area contributed by atoms with Crippen molar-refractivity contribution in [3.63, 3.8) is 0 Å². The van der Waals surface area contributed by atoms with E-state index in [0.717, 1.165) is 0 Å². The number of rotatable bonds is 15. The SMILES string of the molecule is CCOP(=O)(CC(CP(=O)(OCC)OCC)C(=O)c1ccc([N+](=O)[O-])cc1)OCC. The van der Waals surface area contributed by atoms with E-state index >= 15 is 0 Å². The van der Waals surface area contributed by atoms with Gasteiger partial charge in [-0.1, -0.05) is 0 Å². The molecule has 0 fully saturated rings. The lowest BCUT2D eigenvalue weighted by Crippen LogP contribution is -2.25. The third kappa shape index (κ3) is 8.02. The van der Waals surface area contributed by atoms with E-state index in [0.29, 0.717) is 0 Å². The summed E-state index contributed by atoms with van der Waals surface area (Å²) in [5.74, 6) is -1.58. The molecule has 0 aliphatic rings. The highest BCUT2D eigenvalue weighted by atomic mass is 31.2. The minimum absolute atomic E-state index is 0.101. The van der Waals surface area contributed by atoms with E-state index in [9.17, 15) is 24.0 Å². The molecule has 0 saturated heterocycles. The maximum Gasteiger partial charge on any atom is 0.331 e. The van der Waals surface area contributed by atoms with E-state index in [1.807, 2.05) is 0 Å². The number of non-ortho nitro benzene ring substituents is 1. The molecule has 0 unspecified atom stereocenters. The van der Waals surface area contributed by atoms with Gasteiger partial charge in [0.25, 0.3) is 5.69 Å². The fourth-order valence-corrected chi connectivity index (χ4v) is 6.84. The largest absolute Gasteiger partial charge is 0.331 e. The molecule has 0 amide bonds. The molecule has 0 bridgehead atoms. The molecule has 1 rings (SSSR count). The van der Waals surface area contributed by atoms with Crippen molar-refractivity contribution in [2.45, 2.75) is 27.7 Å². The van der Waals surface area contributed by atoms with Crippen LogP contribution in [-0.4, -0.2) is 49.5 Å². The highest BCUT2D eigenvalue weighted by molar-refractivity contribution is 7.55. The molecule has 0 atom stereocenters. The maximum atomic E-state index is 13.2. The number of hydrogen-bond acceptors (Lipinski definition) is 9. The number of carbonyl (C=O) groups excluding carboxylic acids is 1. The van der Waals surface area contributed by atoms with Crippen LogP contribution >= 0.6 is 15.2 Å². The monoisotopic (exact) mass is 465 g/mol. The van der Waals surface area contributed by atoms with Crippen molar-refractivity contribution in [2.75, 3.05) is 38.8 Å². The summed E-state index contributed by atoms with van der Waals surface area (Å²) in [5, 5.41) is 10.9. The van der Waals surface area contributed by atoms with Crippen LogP contribution in [0.15, 0.2) is 24.3 Å². The number of carbonyl (C=O) groups is 1. The Morgan fingerprint density at radius 2 is 1.23 bits per heavy atom. The summed E-state index contributed by atoms with van der Waals surface area (Å²) in [5.41, 5.74) is -0.0311. The summed E-state index contributed by atoms with van der Waals surface area (Å²) in [6, 6.07) is 4.98. The molecule has 0 N–H and O–H groups in total. The number of benzene rings is 1. The van der Waals surface area contributed by atoms with E-state index in [2.05, 4.69) is 0 Å². The van der Waals surface area contributed by atoms with Crippen LogP contribution in [0.1, 0.15) is 38.1 Å². The second kappa shape index (κ2) is 12.4. The second-order valence-corrected chi connectivity index (χ2v) is 10.3. The Kier molecular flexibility index (Phi) is 11.0. The second-order valence-electron chi connectivity index (χ2n) is 6.12. The highest BCUT2D eigenvalue weighted by Gasteiger charge is 2.39. The Hall–Kier alpha value is -1.41. The van der Waals surface area contributed by atoms with Crippen LogP contribution in [0, 0.1) is 16.0 Å². The van der Waals surface area contributed by atoms with Crippen LogP contribution in [0.4, 0.5) is 5.69 Å². The molecule has 10 nitrogen and oxygen atoms in total. The molecule has 0 aliphatic carbocycles. The van der Waals surface area contributed by atoms with Gasteiger partial charge in [0.15, 0.2) is 5.78 Å². The summed E-state index contributed by atoms with van der Waals surface area (Å²) >= 11 is 0. The first kappa shape index (κ1) is 26.6. The van der Waals surface area contributed by atoms with E-state index in [4.69, 9.17) is 18.1 Å². The molecule has 1 aromatic carbocycles. The predicted molar refractivity (Wildman–Crippen MR) is 112 cm³/mol. The molecular weight excluding hydrogens is 436 g/mol. The van der Waals surface area contributed by atoms with Crippen LogP contribution in [0.2, 0.25) is 0 Å². The number of nitro benzene ring substituents is 1. The lowest BCUT2D eigenvalue weighted by molar-refractivity contribution is -0.384. The Morgan fingerprint density at radius 1 is 0.867 bits per heavy atom. The van der Waals surface area contributed by atoms with Gasteiger partial charge in [-0.15, -0.1) is 0 Å². The zero-order valence-electron chi connectivity index (χ0n) is 17.6. The van der Waals surface area contributed by atoms with Crippen molar-refractivity contribution < 1.29 is 36.9 Å². The average molecular weight is 465 g/mol. The van der Waals surface area contributed by atoms with Gasteiger partial charge in [0.1, 0.15) is 0 Å². The van der Waals surface area contributed by atoms with Crippen molar-refractivity contribution in [3.05, 3.63) is 39.9 Å². The molecule has 0 radical (unpaired) electrons. The molecule has 12 heteroatoms. The maximum absolute atomic E-state index is 13.2. The number of hydrogen-bond donors (Lipinski definition) is 0. The van der Waals surface area contributed by atoms with Crippen LogP contribution in [0.3, 0.4) is 0 Å². The number of nitrogens with zero attached hydrogens (tertiary/aromatic N) is 1. The molecule has 0 spiro atoms. The van der Waals surface area contributed by atoms with Crippen molar-refractivity contribution in [3.8, 4) is 0 Å². The van der Waals surface area contributed by atoms with Crippen molar-refractivity contribution in [2.24, 2.45) is 5.92 Å². The summed E-state index contributed by atoms with van der Waals surface area (Å²) in [6.07, 6.45) is -0.650. The third-order valence-electron chi connectivity index (χ3n) is 3.92. The minimum atomic E-state index is -3.66. The summed E-state index contributed by atoms with van der Waals surface area (Å²) < 4.78 is 47.3. The van der Waals surface area contributed by atoms with Gasteiger partial charge in [-0.05, 0) is 39.8 Å². The zero-order valence-corrected chi connectivity index (χ0v) is 19.4. The van der Waals surface area contributed by atoms with Gasteiger partial charge in [0, 0.05) is 23.6 Å². The quantitative estimate of drug-likeness (QED) is 0.153. The molecule has 0 saturated carbocycles. The lowest BCUT2D eigenvalue weighted by Gasteiger charge is -2.25. The van der Waals surface area contributed by atoms with Gasteiger partial charge in [-0.25, -0.2) is 0 Å². The topological polar surface area (TPSA) is 131 Å². The van der Waals surface area contributed by atoms with Crippen molar-refractivity contribution in [1.82, 2.24) is 0 Å². The summed E-state index contributed by atoms with van der Waals surface area (Å²) in [4.78, 5) is 23.4. The molecule has 170 valence electrons. The first-order valence-corrected chi connectivity index (χ1v) is 13.1. The molecule has 0 heterocycles. The highest BCUT2D eigenvalue weighted by Crippen LogP contribution is 2.55. The predicted octanol–water partition coefficient (Wildman–Crippen LogP) is 4.93. The van der Waals surface area contributed by atoms with Gasteiger partial charge < -0.3 is 18.1 Å². The fourth-order valence-electron chi connectivity index (χ4n) is 2.82. The fraction of sp³-hybridized carbons (Fsp3) is 0.611. The van der Waals surface area contributed by atoms with Crippen LogP contribution in [0.5, 0.6) is 0 Å². The molecule has 1 aromatic rings. The standard InChI is InChI=1S/C18H29NO9P2/c1-5-25-29(23,26-6-2)13-16(14-30(24,27-7-3)28-8-4)18(20)15-9-11-17(12-10-15)19(21)22/h9-12,16H,5-8,13-14H2,1-4H3. The number of Topliss-reactive ketones (excluding diaryl/α,β-unsaturated/α-hetero) is 1. The molecular formula is C18H29NO9P2. The Bertz CT molecular complexity index is 745. The van der Waals surface area contributed by atoms with Gasteiger partial charge in [-0.3, -0.25) is 24.0 Å². The zero-order chi connectivity index (χ0) is 22.8. The van der Waals surface area contributed by atoms with Gasteiger partial charge in [0.05, 0.1) is 43.7 Å². The summed E-state index contributed by atoms with van der Waals surface area (Å²) in [7, 11) is -7.32. The van der Waals surface area contributed by atoms with Gasteiger partial charge in [0.2, 0.25) is 0 Å². The smallest absolute Gasteiger partial charge is 0.309 e. The first-order valence-electron chi connectivity index (χ1n) is 9.68. The van der Waals surface area contributed by atoms with E-state index < -0.39 is 31.8 Å². The molecule has 30 heavy (non-hydrogen) atoms. The number of nitro groups is 1. The molecule has 0 aromatic heterocycles. The normalized spacial score (nSPS) is 12.3. The molecule has 0 aliphatic heterocycles. The van der Waals surface area contributed by atoms with Crippen LogP contribution in [0.25, 0.3) is 0 Å². The van der Waals surface area contributed by atoms with E-state index in [-0.39, 0.29) is 50.0 Å². The van der Waals surface area contributed by atoms with E-state index in [1.54, 1.807) is 27.7 Å². The minimum Gasteiger partial charge on any atom is -0.309 e. The number of ketones is 1. The van der Waals surface area contributed by atoms with Gasteiger partial charge >= 0.3 is 15.2 Å². The van der Waals surface area contributed by atoms with Gasteiger partial charge in [-0.2, -0.15) is 0 Å². The third-order valence-corrected chi connectivity index (χ3v) is 8.31. The lowest BCUT2D eigenvalue weighted by atomic mass is 10.0. The van der Waals surface area contributed by atoms with Crippen LogP contribution in [-0.2, 0) is 27.2 Å². The van der Waals surface area contributed by atoms with Crippen molar-refractivity contribution in [1.29, 1.82) is 0 Å². The van der Waals surface area contributed by atoms with Crippen molar-refractivity contribution >= 4 is 26.7 Å². The average Bonchev–Trinajstić information content (AvgIpc) is 2.67. The first-order chi connectivity index (χ1) is 14.1. The Labute approximate surface area is 176 Å². The Balaban J connectivity index is 3.29. The summed E-state index contributed by atoms with van der Waals surface area (Å²) in [6.45, 7) is 6.98. The Morgan fingerprint density at radius 3 is 1.53 bits per heavy atom. The van der Waals surface area contributed by atoms with E-state index in [1.165, 1.54) is 24.3 Å².